The van der Waals surface area contributed by atoms with E-state index in [1.54, 1.807) is 0 Å². The van der Waals surface area contributed by atoms with Gasteiger partial charge in [-0.25, -0.2) is 0 Å². The molecule has 0 saturated carbocycles. The smallest absolute Gasteiger partial charge is 0.0541 e. The highest BCUT2D eigenvalue weighted by Crippen LogP contribution is 2.40. The zero-order chi connectivity index (χ0) is 34.1. The molecule has 1 aromatic heterocycles. The molecule has 9 rings (SSSR count). The average molecular weight is 653 g/mol. The highest BCUT2D eigenvalue weighted by molar-refractivity contribution is 6.10. The van der Waals surface area contributed by atoms with Crippen LogP contribution in [-0.2, 0) is 0 Å². The van der Waals surface area contributed by atoms with Gasteiger partial charge in [0.05, 0.1) is 11.0 Å². The maximum Gasteiger partial charge on any atom is 0.0541 e. The van der Waals surface area contributed by atoms with Gasteiger partial charge in [-0.1, -0.05) is 152 Å². The minimum absolute atomic E-state index is 0.744. The molecule has 0 saturated heterocycles. The summed E-state index contributed by atoms with van der Waals surface area (Å²) in [6.45, 7) is 5.21. The van der Waals surface area contributed by atoms with Gasteiger partial charge < -0.3 is 9.47 Å². The number of aromatic nitrogens is 1. The lowest BCUT2D eigenvalue weighted by Gasteiger charge is -2.27. The maximum absolute atomic E-state index is 4.46. The lowest BCUT2D eigenvalue weighted by atomic mass is 9.96. The van der Waals surface area contributed by atoms with Gasteiger partial charge in [0.1, 0.15) is 0 Å². The fourth-order valence-corrected chi connectivity index (χ4v) is 7.38. The average Bonchev–Trinajstić information content (AvgIpc) is 3.56. The number of fused-ring (bicyclic) bond motifs is 4. The molecule has 2 heterocycles. The summed E-state index contributed by atoms with van der Waals surface area (Å²) in [6, 6.07) is 61.4. The number of nitrogens with zero attached hydrogens (tertiary/aromatic N) is 2. The number of allylic oxidation sites excluding steroid dienone is 4. The summed E-state index contributed by atoms with van der Waals surface area (Å²) >= 11 is 0. The topological polar surface area (TPSA) is 8.17 Å². The molecule has 0 radical (unpaired) electrons. The van der Waals surface area contributed by atoms with Crippen LogP contribution in [0.3, 0.4) is 0 Å². The van der Waals surface area contributed by atoms with E-state index in [-0.39, 0.29) is 0 Å². The van der Waals surface area contributed by atoms with Crippen LogP contribution in [0.25, 0.3) is 66.4 Å². The van der Waals surface area contributed by atoms with E-state index < -0.39 is 0 Å². The Kier molecular flexibility index (Phi) is 7.75. The molecular formula is C49H36N2. The number of benzene rings is 7. The summed E-state index contributed by atoms with van der Waals surface area (Å²) < 4.78 is 2.39. The molecule has 0 bridgehead atoms. The zero-order valence-corrected chi connectivity index (χ0v) is 28.3. The first kappa shape index (κ1) is 30.4. The van der Waals surface area contributed by atoms with Crippen molar-refractivity contribution < 1.29 is 0 Å². The minimum atomic E-state index is 0.744. The highest BCUT2D eigenvalue weighted by Gasteiger charge is 2.18. The first-order valence-corrected chi connectivity index (χ1v) is 17.5. The van der Waals surface area contributed by atoms with Gasteiger partial charge in [-0.05, 0) is 87.5 Å². The number of hydrogen-bond acceptors (Lipinski definition) is 1. The Bertz CT molecular complexity index is 2590. The normalized spacial score (nSPS) is 14.1. The lowest BCUT2D eigenvalue weighted by Crippen LogP contribution is -2.18. The molecule has 0 unspecified atom stereocenters. The summed E-state index contributed by atoms with van der Waals surface area (Å²) in [6.07, 6.45) is 8.51. The Labute approximate surface area is 299 Å². The summed E-state index contributed by atoms with van der Waals surface area (Å²) in [7, 11) is 0. The van der Waals surface area contributed by atoms with Crippen molar-refractivity contribution in [3.63, 3.8) is 0 Å². The van der Waals surface area contributed by atoms with E-state index in [1.165, 1.54) is 55.2 Å². The second-order valence-corrected chi connectivity index (χ2v) is 13.1. The van der Waals surface area contributed by atoms with Crippen LogP contribution in [0.15, 0.2) is 201 Å². The molecular weight excluding hydrogens is 617 g/mol. The number of rotatable bonds is 5. The molecule has 242 valence electrons. The molecule has 2 heteroatoms. The van der Waals surface area contributed by atoms with Gasteiger partial charge in [0.15, 0.2) is 0 Å². The Morgan fingerprint density at radius 1 is 0.431 bits per heavy atom. The SMILES string of the molecule is C=C1/C=C\C=C/CN(c2ccc(-c3ccccc3)cc2)c2cc(-c3ccc4c(c3)c3ccccc3n4-c3ccc(-c4ccccc4)cc3)ccc21. The van der Waals surface area contributed by atoms with Gasteiger partial charge in [0.2, 0.25) is 0 Å². The summed E-state index contributed by atoms with van der Waals surface area (Å²) in [5.41, 5.74) is 15.2. The van der Waals surface area contributed by atoms with Gasteiger partial charge >= 0.3 is 0 Å². The van der Waals surface area contributed by atoms with Gasteiger partial charge in [-0.2, -0.15) is 0 Å². The first-order valence-electron chi connectivity index (χ1n) is 17.5. The maximum atomic E-state index is 4.46. The predicted molar refractivity (Wildman–Crippen MR) is 218 cm³/mol. The van der Waals surface area contributed by atoms with Gasteiger partial charge in [0, 0.05) is 39.9 Å². The predicted octanol–water partition coefficient (Wildman–Crippen LogP) is 13.1. The number of hydrogen-bond donors (Lipinski definition) is 0. The molecule has 0 atom stereocenters. The second kappa shape index (κ2) is 13.0. The molecule has 2 nitrogen and oxygen atoms in total. The fourth-order valence-electron chi connectivity index (χ4n) is 7.38. The van der Waals surface area contributed by atoms with E-state index in [2.05, 4.69) is 210 Å². The van der Waals surface area contributed by atoms with Crippen LogP contribution in [0, 0.1) is 0 Å². The molecule has 8 aromatic rings. The van der Waals surface area contributed by atoms with Crippen molar-refractivity contribution in [3.8, 4) is 39.1 Å². The van der Waals surface area contributed by atoms with E-state index in [4.69, 9.17) is 0 Å². The second-order valence-electron chi connectivity index (χ2n) is 13.1. The summed E-state index contributed by atoms with van der Waals surface area (Å²) in [5, 5.41) is 2.48. The number of anilines is 2. The van der Waals surface area contributed by atoms with Crippen molar-refractivity contribution in [2.75, 3.05) is 11.4 Å². The third-order valence-corrected chi connectivity index (χ3v) is 9.99. The highest BCUT2D eigenvalue weighted by atomic mass is 15.1. The van der Waals surface area contributed by atoms with E-state index in [9.17, 15) is 0 Å². The molecule has 1 aliphatic rings. The molecule has 1 aliphatic heterocycles. The van der Waals surface area contributed by atoms with Crippen molar-refractivity contribution in [2.24, 2.45) is 0 Å². The molecule has 0 N–H and O–H groups in total. The van der Waals surface area contributed by atoms with E-state index in [0.717, 1.165) is 34.7 Å². The van der Waals surface area contributed by atoms with Crippen LogP contribution in [-0.4, -0.2) is 11.1 Å². The largest absolute Gasteiger partial charge is 0.337 e. The van der Waals surface area contributed by atoms with Crippen LogP contribution in [0.2, 0.25) is 0 Å². The Hall–Kier alpha value is -6.64. The molecule has 0 aliphatic carbocycles. The van der Waals surface area contributed by atoms with Crippen LogP contribution in [0.5, 0.6) is 0 Å². The van der Waals surface area contributed by atoms with Crippen molar-refractivity contribution in [2.45, 2.75) is 0 Å². The van der Waals surface area contributed by atoms with Crippen molar-refractivity contribution >= 4 is 38.8 Å². The Morgan fingerprint density at radius 3 is 1.69 bits per heavy atom. The van der Waals surface area contributed by atoms with Crippen molar-refractivity contribution in [3.05, 3.63) is 206 Å². The number of para-hydroxylation sites is 1. The van der Waals surface area contributed by atoms with E-state index in [0.29, 0.717) is 0 Å². The monoisotopic (exact) mass is 652 g/mol. The third kappa shape index (κ3) is 5.67. The Morgan fingerprint density at radius 2 is 0.980 bits per heavy atom. The molecule has 0 spiro atoms. The van der Waals surface area contributed by atoms with Crippen LogP contribution in [0.1, 0.15) is 5.56 Å². The summed E-state index contributed by atoms with van der Waals surface area (Å²) in [4.78, 5) is 2.39. The zero-order valence-electron chi connectivity index (χ0n) is 28.3. The molecule has 0 amide bonds. The molecule has 51 heavy (non-hydrogen) atoms. The van der Waals surface area contributed by atoms with E-state index in [1.807, 2.05) is 0 Å². The third-order valence-electron chi connectivity index (χ3n) is 9.99. The standard InChI is InChI=1S/C49H36N2/c1-35-13-5-4-12-32-50(42-26-20-38(21-27-42)36-14-6-2-7-15-36)49-34-41(24-30-44(35)49)40-25-31-48-46(33-40)45-18-10-11-19-47(45)51(48)43-28-22-39(23-29-43)37-16-8-3-9-17-37/h2-31,33-34H,1,32H2/b12-4-,13-5-. The van der Waals surface area contributed by atoms with Gasteiger partial charge in [0.25, 0.3) is 0 Å². The minimum Gasteiger partial charge on any atom is -0.337 e. The van der Waals surface area contributed by atoms with E-state index >= 15 is 0 Å². The van der Waals surface area contributed by atoms with Crippen LogP contribution in [0.4, 0.5) is 11.4 Å². The van der Waals surface area contributed by atoms with Gasteiger partial charge in [-0.15, -0.1) is 0 Å². The Balaban J connectivity index is 1.14. The lowest BCUT2D eigenvalue weighted by molar-refractivity contribution is 1.09. The summed E-state index contributed by atoms with van der Waals surface area (Å²) in [5.74, 6) is 0. The van der Waals surface area contributed by atoms with Crippen LogP contribution < -0.4 is 4.90 Å². The van der Waals surface area contributed by atoms with Crippen molar-refractivity contribution in [1.29, 1.82) is 0 Å². The molecule has 7 aromatic carbocycles. The fraction of sp³-hybridized carbons (Fsp3) is 0.0204. The van der Waals surface area contributed by atoms with Gasteiger partial charge in [-0.3, -0.25) is 0 Å². The quantitative estimate of drug-likeness (QED) is 0.180. The first-order chi connectivity index (χ1) is 25.2. The van der Waals surface area contributed by atoms with Crippen molar-refractivity contribution in [1.82, 2.24) is 4.57 Å². The molecule has 0 fully saturated rings. The van der Waals surface area contributed by atoms with Crippen LogP contribution >= 0.6 is 0 Å².